The number of ether oxygens (including phenoxy) is 1. The summed E-state index contributed by atoms with van der Waals surface area (Å²) in [7, 11) is 5.08. The van der Waals surface area contributed by atoms with Gasteiger partial charge in [0, 0.05) is 27.4 Å². The predicted octanol–water partition coefficient (Wildman–Crippen LogP) is -0.469. The van der Waals surface area contributed by atoms with Crippen molar-refractivity contribution in [1.82, 2.24) is 14.5 Å². The molecule has 0 aliphatic heterocycles. The minimum absolute atomic E-state index is 0.412. The molecule has 22 heavy (non-hydrogen) atoms. The minimum Gasteiger partial charge on any atom is -0.394 e. The normalized spacial score (nSPS) is 17.2. The van der Waals surface area contributed by atoms with E-state index in [2.05, 4.69) is 9.97 Å². The van der Waals surface area contributed by atoms with E-state index < -0.39 is 24.5 Å². The van der Waals surface area contributed by atoms with Gasteiger partial charge >= 0.3 is 0 Å². The third-order valence-electron chi connectivity index (χ3n) is 3.77. The van der Waals surface area contributed by atoms with Crippen LogP contribution in [0.5, 0.6) is 0 Å². The largest absolute Gasteiger partial charge is 0.394 e. The van der Waals surface area contributed by atoms with E-state index in [9.17, 15) is 15.3 Å². The Hall–Kier alpha value is -1.74. The fourth-order valence-electron chi connectivity index (χ4n) is 2.46. The molecule has 0 saturated heterocycles. The van der Waals surface area contributed by atoms with E-state index in [1.54, 1.807) is 12.3 Å². The topological polar surface area (TPSA) is 104 Å². The smallest absolute Gasteiger partial charge is 0.168 e. The zero-order valence-corrected chi connectivity index (χ0v) is 13.1. The first-order valence-corrected chi connectivity index (χ1v) is 6.88. The highest BCUT2D eigenvalue weighted by molar-refractivity contribution is 5.87. The molecule has 0 bridgehead atoms. The lowest BCUT2D eigenvalue weighted by atomic mass is 10.0. The number of aliphatic hydroxyl groups is 3. The summed E-state index contributed by atoms with van der Waals surface area (Å²) in [5, 5.41) is 31.1. The van der Waals surface area contributed by atoms with Gasteiger partial charge < -0.3 is 29.5 Å². The number of methoxy groups -OCH3 is 1. The molecule has 3 atom stereocenters. The minimum atomic E-state index is -1.71. The van der Waals surface area contributed by atoms with E-state index in [0.717, 1.165) is 5.39 Å². The van der Waals surface area contributed by atoms with Gasteiger partial charge in [0.1, 0.15) is 30.0 Å². The molecular formula is C14H22N4O4. The average Bonchev–Trinajstić information content (AvgIpc) is 2.92. The molecule has 8 heteroatoms. The van der Waals surface area contributed by atoms with Gasteiger partial charge in [0.15, 0.2) is 5.72 Å². The second-order valence-electron chi connectivity index (χ2n) is 5.51. The van der Waals surface area contributed by atoms with Gasteiger partial charge in [-0.1, -0.05) is 0 Å². The van der Waals surface area contributed by atoms with Gasteiger partial charge in [-0.3, -0.25) is 0 Å². The molecule has 2 heterocycles. The quantitative estimate of drug-likeness (QED) is 0.662. The first-order valence-electron chi connectivity index (χ1n) is 6.88. The number of rotatable bonds is 6. The van der Waals surface area contributed by atoms with Gasteiger partial charge in [0.2, 0.25) is 0 Å². The number of nitrogens with zero attached hydrogens (tertiary/aromatic N) is 4. The summed E-state index contributed by atoms with van der Waals surface area (Å²) in [5.41, 5.74) is -1.22. The number of hydrogen-bond acceptors (Lipinski definition) is 7. The standard InChI is InChI=1S/C14H22N4O4/c1-14(21,11(20)10(7-19)22-4)18-6-5-9-12(17(2)3)15-8-16-13(9)18/h5-6,8,10-11,19-21H,7H2,1-4H3/t10-,11-,14-/m1/s1. The van der Waals surface area contributed by atoms with Crippen LogP contribution in [0.25, 0.3) is 11.0 Å². The summed E-state index contributed by atoms with van der Waals surface area (Å²) < 4.78 is 6.45. The maximum atomic E-state index is 10.8. The Bertz CT molecular complexity index is 637. The van der Waals surface area contributed by atoms with E-state index in [1.165, 1.54) is 24.9 Å². The summed E-state index contributed by atoms with van der Waals surface area (Å²) in [6.07, 6.45) is 0.773. The third-order valence-corrected chi connectivity index (χ3v) is 3.77. The maximum Gasteiger partial charge on any atom is 0.168 e. The lowest BCUT2D eigenvalue weighted by molar-refractivity contribution is -0.174. The Morgan fingerprint density at radius 1 is 1.41 bits per heavy atom. The van der Waals surface area contributed by atoms with Crippen molar-refractivity contribution in [3.8, 4) is 0 Å². The monoisotopic (exact) mass is 310 g/mol. The summed E-state index contributed by atoms with van der Waals surface area (Å²) in [5.74, 6) is 0.708. The second-order valence-corrected chi connectivity index (χ2v) is 5.51. The van der Waals surface area contributed by atoms with Crippen LogP contribution >= 0.6 is 0 Å². The fraction of sp³-hybridized carbons (Fsp3) is 0.571. The molecule has 2 aromatic heterocycles. The van der Waals surface area contributed by atoms with Gasteiger partial charge in [-0.25, -0.2) is 9.97 Å². The van der Waals surface area contributed by atoms with Crippen LogP contribution in [0.1, 0.15) is 6.92 Å². The maximum absolute atomic E-state index is 10.8. The Morgan fingerprint density at radius 3 is 2.64 bits per heavy atom. The molecular weight excluding hydrogens is 288 g/mol. The molecule has 0 radical (unpaired) electrons. The zero-order valence-electron chi connectivity index (χ0n) is 13.1. The first kappa shape index (κ1) is 16.6. The summed E-state index contributed by atoms with van der Waals surface area (Å²) in [4.78, 5) is 10.2. The number of aliphatic hydroxyl groups excluding tert-OH is 2. The van der Waals surface area contributed by atoms with Crippen molar-refractivity contribution in [2.75, 3.05) is 32.7 Å². The molecule has 8 nitrogen and oxygen atoms in total. The Morgan fingerprint density at radius 2 is 2.09 bits per heavy atom. The molecule has 122 valence electrons. The third kappa shape index (κ3) is 2.66. The average molecular weight is 310 g/mol. The molecule has 0 aliphatic carbocycles. The molecule has 0 fully saturated rings. The molecule has 3 N–H and O–H groups in total. The number of anilines is 1. The van der Waals surface area contributed by atoms with Crippen molar-refractivity contribution in [3.63, 3.8) is 0 Å². The first-order chi connectivity index (χ1) is 10.3. The highest BCUT2D eigenvalue weighted by Gasteiger charge is 2.39. The van der Waals surface area contributed by atoms with Crippen LogP contribution in [0, 0.1) is 0 Å². The zero-order chi connectivity index (χ0) is 16.5. The van der Waals surface area contributed by atoms with Crippen LogP contribution in [0.4, 0.5) is 5.82 Å². The van der Waals surface area contributed by atoms with Gasteiger partial charge in [-0.05, 0) is 13.0 Å². The van der Waals surface area contributed by atoms with Crippen LogP contribution in [-0.2, 0) is 10.5 Å². The summed E-state index contributed by atoms with van der Waals surface area (Å²) in [6.45, 7) is 1.03. The van der Waals surface area contributed by atoms with Crippen LogP contribution in [0.2, 0.25) is 0 Å². The van der Waals surface area contributed by atoms with Crippen molar-refractivity contribution in [2.24, 2.45) is 0 Å². The molecule has 0 unspecified atom stereocenters. The molecule has 0 aromatic carbocycles. The van der Waals surface area contributed by atoms with Crippen molar-refractivity contribution in [1.29, 1.82) is 0 Å². The van der Waals surface area contributed by atoms with Crippen LogP contribution in [0.3, 0.4) is 0 Å². The Labute approximate surface area is 128 Å². The molecule has 0 aliphatic rings. The SMILES string of the molecule is CO[C@H](CO)[C@@H](O)[C@@](C)(O)n1ccc2c(N(C)C)ncnc21. The van der Waals surface area contributed by atoms with Crippen molar-refractivity contribution in [3.05, 3.63) is 18.6 Å². The molecule has 0 amide bonds. The van der Waals surface area contributed by atoms with Crippen molar-refractivity contribution >= 4 is 16.9 Å². The van der Waals surface area contributed by atoms with E-state index in [1.807, 2.05) is 19.0 Å². The summed E-state index contributed by atoms with van der Waals surface area (Å²) >= 11 is 0. The van der Waals surface area contributed by atoms with Crippen molar-refractivity contribution in [2.45, 2.75) is 24.9 Å². The van der Waals surface area contributed by atoms with Crippen LogP contribution in [-0.4, -0.2) is 69.9 Å². The number of hydrogen-bond donors (Lipinski definition) is 3. The molecule has 0 saturated carbocycles. The second kappa shape index (κ2) is 6.17. The lowest BCUT2D eigenvalue weighted by Gasteiger charge is -2.34. The Kier molecular flexibility index (Phi) is 4.66. The molecule has 2 rings (SSSR count). The van der Waals surface area contributed by atoms with E-state index in [-0.39, 0.29) is 0 Å². The summed E-state index contributed by atoms with van der Waals surface area (Å²) in [6, 6.07) is 1.77. The molecule has 0 spiro atoms. The van der Waals surface area contributed by atoms with E-state index in [4.69, 9.17) is 4.74 Å². The van der Waals surface area contributed by atoms with Gasteiger partial charge in [-0.15, -0.1) is 0 Å². The number of fused-ring (bicyclic) bond motifs is 1. The van der Waals surface area contributed by atoms with E-state index >= 15 is 0 Å². The van der Waals surface area contributed by atoms with Crippen molar-refractivity contribution < 1.29 is 20.1 Å². The van der Waals surface area contributed by atoms with Crippen LogP contribution in [0.15, 0.2) is 18.6 Å². The predicted molar refractivity (Wildman–Crippen MR) is 81.6 cm³/mol. The highest BCUT2D eigenvalue weighted by atomic mass is 16.5. The Balaban J connectivity index is 2.52. The lowest BCUT2D eigenvalue weighted by Crippen LogP contribution is -2.50. The molecule has 2 aromatic rings. The highest BCUT2D eigenvalue weighted by Crippen LogP contribution is 2.29. The van der Waals surface area contributed by atoms with Gasteiger partial charge in [0.25, 0.3) is 0 Å². The van der Waals surface area contributed by atoms with Gasteiger partial charge in [0.05, 0.1) is 12.0 Å². The van der Waals surface area contributed by atoms with E-state index in [0.29, 0.717) is 11.5 Å². The number of aromatic nitrogens is 3. The fourth-order valence-corrected chi connectivity index (χ4v) is 2.46. The van der Waals surface area contributed by atoms with Gasteiger partial charge in [-0.2, -0.15) is 0 Å². The van der Waals surface area contributed by atoms with Crippen LogP contribution < -0.4 is 4.90 Å².